The molecule has 1 N–H and O–H groups in total. The summed E-state index contributed by atoms with van der Waals surface area (Å²) < 4.78 is 2.26. The molecule has 0 aliphatic heterocycles. The number of anilines is 1. The molecule has 9 heteroatoms. The molecule has 0 atom stereocenters. The van der Waals surface area contributed by atoms with Gasteiger partial charge in [0.2, 0.25) is 11.0 Å². The molecule has 0 saturated carbocycles. The van der Waals surface area contributed by atoms with Crippen molar-refractivity contribution in [2.24, 2.45) is 5.92 Å². The molecule has 3 heterocycles. The van der Waals surface area contributed by atoms with Crippen molar-refractivity contribution in [1.82, 2.24) is 19.6 Å². The number of nitrogens with one attached hydrogen (secondary N) is 1. The molecular weight excluding hydrogens is 370 g/mol. The zero-order chi connectivity index (χ0) is 18.7. The number of nitrogens with zero attached hydrogens (tertiary/aromatic N) is 4. The third-order valence-corrected chi connectivity index (χ3v) is 5.53. The van der Waals surface area contributed by atoms with Crippen LogP contribution in [0.5, 0.6) is 0 Å². The van der Waals surface area contributed by atoms with Gasteiger partial charge in [0.25, 0.3) is 5.56 Å². The van der Waals surface area contributed by atoms with Crippen LogP contribution in [-0.4, -0.2) is 25.5 Å². The lowest BCUT2D eigenvalue weighted by Crippen LogP contribution is -2.15. The first-order valence-corrected chi connectivity index (χ1v) is 9.96. The highest BCUT2D eigenvalue weighted by Gasteiger charge is 2.11. The van der Waals surface area contributed by atoms with Crippen molar-refractivity contribution >= 4 is 39.8 Å². The predicted molar refractivity (Wildman–Crippen MR) is 104 cm³/mol. The van der Waals surface area contributed by atoms with Gasteiger partial charge in [0.1, 0.15) is 5.65 Å². The molecule has 0 saturated heterocycles. The first kappa shape index (κ1) is 18.5. The molecule has 26 heavy (non-hydrogen) atoms. The minimum absolute atomic E-state index is 0.0626. The molecule has 0 aromatic carbocycles. The Kier molecular flexibility index (Phi) is 5.67. The van der Waals surface area contributed by atoms with Crippen molar-refractivity contribution in [3.05, 3.63) is 46.0 Å². The van der Waals surface area contributed by atoms with E-state index in [4.69, 9.17) is 0 Å². The number of carbonyl (C=O) groups is 1. The number of aromatic nitrogens is 4. The second-order valence-corrected chi connectivity index (χ2v) is 8.48. The number of pyridine rings is 1. The van der Waals surface area contributed by atoms with Crippen molar-refractivity contribution in [2.75, 3.05) is 5.32 Å². The third-order valence-electron chi connectivity index (χ3n) is 3.53. The Labute approximate surface area is 158 Å². The zero-order valence-electron chi connectivity index (χ0n) is 14.7. The molecule has 7 nitrogen and oxygen atoms in total. The van der Waals surface area contributed by atoms with Gasteiger partial charge in [-0.25, -0.2) is 4.98 Å². The quantitative estimate of drug-likeness (QED) is 0.515. The fourth-order valence-electron chi connectivity index (χ4n) is 2.38. The summed E-state index contributed by atoms with van der Waals surface area (Å²) in [5.41, 5.74) is 2.19. The number of thioether (sulfide) groups is 1. The third kappa shape index (κ3) is 4.47. The number of aryl methyl sites for hydroxylation is 1. The van der Waals surface area contributed by atoms with Gasteiger partial charge in [-0.2, -0.15) is 0 Å². The Bertz CT molecular complexity index is 996. The fraction of sp³-hybridized carbons (Fsp3) is 0.353. The molecule has 0 fully saturated rings. The van der Waals surface area contributed by atoms with E-state index in [1.165, 1.54) is 33.6 Å². The first-order valence-electron chi connectivity index (χ1n) is 8.16. The Balaban J connectivity index is 1.68. The van der Waals surface area contributed by atoms with Gasteiger partial charge in [-0.05, 0) is 24.5 Å². The van der Waals surface area contributed by atoms with E-state index in [2.05, 4.69) is 20.5 Å². The average Bonchev–Trinajstić information content (AvgIpc) is 3.00. The van der Waals surface area contributed by atoms with E-state index in [9.17, 15) is 9.59 Å². The summed E-state index contributed by atoms with van der Waals surface area (Å²) in [7, 11) is 0. The largest absolute Gasteiger partial charge is 0.300 e. The summed E-state index contributed by atoms with van der Waals surface area (Å²) in [6, 6.07) is 5.29. The number of rotatable bonds is 6. The van der Waals surface area contributed by atoms with Gasteiger partial charge < -0.3 is 5.32 Å². The molecule has 0 aliphatic carbocycles. The molecule has 0 spiro atoms. The SMILES string of the molecule is Cc1cccn2c(=O)cc(CSc3nnc(NC(=O)CC(C)C)s3)nc12. The fourth-order valence-corrected chi connectivity index (χ4v) is 4.04. The smallest absolute Gasteiger partial charge is 0.258 e. The highest BCUT2D eigenvalue weighted by Crippen LogP contribution is 2.28. The Morgan fingerprint density at radius 3 is 2.96 bits per heavy atom. The van der Waals surface area contributed by atoms with Crippen molar-refractivity contribution in [1.29, 1.82) is 0 Å². The van der Waals surface area contributed by atoms with E-state index in [1.54, 1.807) is 6.20 Å². The van der Waals surface area contributed by atoms with E-state index >= 15 is 0 Å². The Morgan fingerprint density at radius 1 is 1.38 bits per heavy atom. The molecule has 3 aromatic heterocycles. The average molecular weight is 390 g/mol. The molecule has 136 valence electrons. The normalized spacial score (nSPS) is 11.2. The molecule has 1 amide bonds. The molecule has 0 aliphatic rings. The maximum Gasteiger partial charge on any atom is 0.258 e. The zero-order valence-corrected chi connectivity index (χ0v) is 16.4. The molecule has 0 unspecified atom stereocenters. The van der Waals surface area contributed by atoms with Gasteiger partial charge in [-0.3, -0.25) is 14.0 Å². The maximum atomic E-state index is 12.2. The van der Waals surface area contributed by atoms with E-state index in [-0.39, 0.29) is 11.5 Å². The number of amides is 1. The standard InChI is InChI=1S/C17H19N5O2S2/c1-10(2)7-13(23)19-16-20-21-17(26-16)25-9-12-8-14(24)22-6-4-5-11(3)15(22)18-12/h4-6,8,10H,7,9H2,1-3H3,(H,19,20,23). The van der Waals surface area contributed by atoms with Gasteiger partial charge in [-0.1, -0.05) is 43.0 Å². The minimum atomic E-state index is -0.104. The topological polar surface area (TPSA) is 89.3 Å². The van der Waals surface area contributed by atoms with Crippen molar-refractivity contribution in [3.63, 3.8) is 0 Å². The first-order chi connectivity index (χ1) is 12.4. The molecule has 3 rings (SSSR count). The summed E-state index contributed by atoms with van der Waals surface area (Å²) >= 11 is 2.76. The van der Waals surface area contributed by atoms with Gasteiger partial charge in [0.15, 0.2) is 4.34 Å². The van der Waals surface area contributed by atoms with Gasteiger partial charge >= 0.3 is 0 Å². The van der Waals surface area contributed by atoms with Crippen molar-refractivity contribution < 1.29 is 4.79 Å². The van der Waals surface area contributed by atoms with Crippen molar-refractivity contribution in [2.45, 2.75) is 37.3 Å². The van der Waals surface area contributed by atoms with Crippen LogP contribution < -0.4 is 10.9 Å². The molecule has 3 aromatic rings. The summed E-state index contributed by atoms with van der Waals surface area (Å²) in [5.74, 6) is 0.736. The number of carbonyl (C=O) groups excluding carboxylic acids is 1. The van der Waals surface area contributed by atoms with Crippen LogP contribution in [0.4, 0.5) is 5.13 Å². The lowest BCUT2D eigenvalue weighted by atomic mass is 10.1. The van der Waals surface area contributed by atoms with E-state index < -0.39 is 0 Å². The highest BCUT2D eigenvalue weighted by atomic mass is 32.2. The van der Waals surface area contributed by atoms with Crippen molar-refractivity contribution in [3.8, 4) is 0 Å². The monoisotopic (exact) mass is 389 g/mol. The van der Waals surface area contributed by atoms with Crippen LogP contribution in [0.3, 0.4) is 0 Å². The predicted octanol–water partition coefficient (Wildman–Crippen LogP) is 3.13. The Hall–Kier alpha value is -2.26. The number of hydrogen-bond donors (Lipinski definition) is 1. The summed E-state index contributed by atoms with van der Waals surface area (Å²) in [5, 5.41) is 11.3. The molecule has 0 radical (unpaired) electrons. The van der Waals surface area contributed by atoms with Gasteiger partial charge in [-0.15, -0.1) is 10.2 Å². The van der Waals surface area contributed by atoms with Crippen LogP contribution >= 0.6 is 23.1 Å². The molecular formula is C17H19N5O2S2. The number of fused-ring (bicyclic) bond motifs is 1. The van der Waals surface area contributed by atoms with Crippen LogP contribution in [0.15, 0.2) is 33.5 Å². The Morgan fingerprint density at radius 2 is 2.19 bits per heavy atom. The summed E-state index contributed by atoms with van der Waals surface area (Å²) in [6.07, 6.45) is 2.16. The second-order valence-electron chi connectivity index (χ2n) is 6.28. The van der Waals surface area contributed by atoms with Gasteiger partial charge in [0, 0.05) is 24.4 Å². The summed E-state index contributed by atoms with van der Waals surface area (Å²) in [4.78, 5) is 28.6. The van der Waals surface area contributed by atoms with E-state index in [0.717, 1.165) is 9.90 Å². The minimum Gasteiger partial charge on any atom is -0.300 e. The molecule has 0 bridgehead atoms. The van der Waals surface area contributed by atoms with Gasteiger partial charge in [0.05, 0.1) is 5.69 Å². The lowest BCUT2D eigenvalue weighted by Gasteiger charge is -2.05. The second kappa shape index (κ2) is 7.96. The lowest BCUT2D eigenvalue weighted by molar-refractivity contribution is -0.116. The van der Waals surface area contributed by atoms with Crippen LogP contribution in [0.2, 0.25) is 0 Å². The van der Waals surface area contributed by atoms with Crippen LogP contribution in [0, 0.1) is 12.8 Å². The highest BCUT2D eigenvalue weighted by molar-refractivity contribution is 8.00. The summed E-state index contributed by atoms with van der Waals surface area (Å²) in [6.45, 7) is 5.90. The van der Waals surface area contributed by atoms with E-state index in [1.807, 2.05) is 32.9 Å². The van der Waals surface area contributed by atoms with E-state index in [0.29, 0.717) is 34.6 Å². The van der Waals surface area contributed by atoms with Crippen LogP contribution in [0.25, 0.3) is 5.65 Å². The maximum absolute atomic E-state index is 12.2. The van der Waals surface area contributed by atoms with Crippen LogP contribution in [-0.2, 0) is 10.5 Å². The number of hydrogen-bond acceptors (Lipinski definition) is 7. The van der Waals surface area contributed by atoms with Crippen LogP contribution in [0.1, 0.15) is 31.5 Å².